The van der Waals surface area contributed by atoms with Gasteiger partial charge in [-0.3, -0.25) is 0 Å². The fourth-order valence-corrected chi connectivity index (χ4v) is 3.75. The fourth-order valence-electron chi connectivity index (χ4n) is 3.75. The lowest BCUT2D eigenvalue weighted by atomic mass is 9.86. The Balaban J connectivity index is 2.09. The first kappa shape index (κ1) is 18.2. The van der Waals surface area contributed by atoms with Crippen LogP contribution >= 0.6 is 0 Å². The summed E-state index contributed by atoms with van der Waals surface area (Å²) in [6, 6.07) is 11.5. The second-order valence-electron chi connectivity index (χ2n) is 8.31. The van der Waals surface area contributed by atoms with Gasteiger partial charge in [-0.2, -0.15) is 4.57 Å². The molecule has 0 fully saturated rings. The summed E-state index contributed by atoms with van der Waals surface area (Å²) in [5.74, 6) is -0.213. The average molecular weight is 373 g/mol. The van der Waals surface area contributed by atoms with Crippen LogP contribution in [0.5, 0.6) is 0 Å². The lowest BCUT2D eigenvalue weighted by molar-refractivity contribution is -0.662. The Morgan fingerprint density at radius 3 is 2.46 bits per heavy atom. The Morgan fingerprint density at radius 1 is 1.07 bits per heavy atom. The van der Waals surface area contributed by atoms with Gasteiger partial charge in [0.2, 0.25) is 11.9 Å². The molecule has 0 N–H and O–H groups in total. The molecule has 4 aromatic rings. The maximum atomic E-state index is 14.6. The van der Waals surface area contributed by atoms with Gasteiger partial charge in [0.15, 0.2) is 11.5 Å². The maximum Gasteiger partial charge on any atom is 0.216 e. The van der Waals surface area contributed by atoms with Crippen LogP contribution in [0.3, 0.4) is 0 Å². The van der Waals surface area contributed by atoms with E-state index in [1.165, 1.54) is 6.20 Å². The third kappa shape index (κ3) is 2.75. The van der Waals surface area contributed by atoms with Gasteiger partial charge in [-0.25, -0.2) is 9.24 Å². The minimum absolute atomic E-state index is 0.213. The van der Waals surface area contributed by atoms with Crippen molar-refractivity contribution in [3.05, 3.63) is 71.0 Å². The molecule has 0 unspecified atom stereocenters. The van der Waals surface area contributed by atoms with Crippen LogP contribution in [0.1, 0.15) is 31.9 Å². The molecule has 28 heavy (non-hydrogen) atoms. The molecule has 0 amide bonds. The van der Waals surface area contributed by atoms with E-state index in [0.29, 0.717) is 16.8 Å². The number of nitrogens with zero attached hydrogens (tertiary/aromatic N) is 2. The van der Waals surface area contributed by atoms with Crippen molar-refractivity contribution in [2.45, 2.75) is 33.1 Å². The molecule has 4 rings (SSSR count). The van der Waals surface area contributed by atoms with Gasteiger partial charge in [0.25, 0.3) is 0 Å². The van der Waals surface area contributed by atoms with Crippen molar-refractivity contribution in [1.82, 2.24) is 0 Å². The third-order valence-electron chi connectivity index (χ3n) is 5.25. The number of fused-ring (bicyclic) bond motifs is 3. The van der Waals surface area contributed by atoms with Gasteiger partial charge in [0.1, 0.15) is 18.2 Å². The fraction of sp³-hybridized carbons (Fsp3) is 0.250. The molecular formula is C24H22FN2O+. The van der Waals surface area contributed by atoms with Crippen molar-refractivity contribution < 1.29 is 13.4 Å². The maximum absolute atomic E-state index is 14.6. The Morgan fingerprint density at radius 2 is 1.79 bits per heavy atom. The largest absolute Gasteiger partial charge is 0.456 e. The van der Waals surface area contributed by atoms with Crippen molar-refractivity contribution >= 4 is 27.6 Å². The number of halogens is 1. The van der Waals surface area contributed by atoms with Crippen molar-refractivity contribution in [3.63, 3.8) is 0 Å². The van der Waals surface area contributed by atoms with Crippen LogP contribution in [-0.2, 0) is 12.5 Å². The number of furan rings is 1. The molecule has 0 atom stereocenters. The van der Waals surface area contributed by atoms with E-state index in [1.54, 1.807) is 12.1 Å². The second kappa shape index (κ2) is 6.17. The minimum atomic E-state index is -0.312. The predicted octanol–water partition coefficient (Wildman–Crippen LogP) is 6.37. The molecule has 0 bridgehead atoms. The molecule has 4 heteroatoms. The van der Waals surface area contributed by atoms with E-state index in [4.69, 9.17) is 11.0 Å². The normalized spacial score (nSPS) is 11.9. The summed E-state index contributed by atoms with van der Waals surface area (Å²) in [4.78, 5) is 3.50. The van der Waals surface area contributed by atoms with Crippen LogP contribution in [0.15, 0.2) is 47.0 Å². The number of hydrogen-bond donors (Lipinski definition) is 0. The van der Waals surface area contributed by atoms with E-state index in [-0.39, 0.29) is 11.2 Å². The molecule has 2 aromatic carbocycles. The number of aryl methyl sites for hydroxylation is 2. The highest BCUT2D eigenvalue weighted by molar-refractivity contribution is 6.10. The number of hydrogen-bond acceptors (Lipinski definition) is 1. The zero-order chi connectivity index (χ0) is 20.2. The van der Waals surface area contributed by atoms with Gasteiger partial charge < -0.3 is 4.42 Å². The molecule has 0 aliphatic rings. The summed E-state index contributed by atoms with van der Waals surface area (Å²) >= 11 is 0. The Bertz CT molecular complexity index is 1290. The minimum Gasteiger partial charge on any atom is -0.456 e. The van der Waals surface area contributed by atoms with Crippen LogP contribution in [0.2, 0.25) is 0 Å². The summed E-state index contributed by atoms with van der Waals surface area (Å²) in [6.07, 6.45) is 1.54. The van der Waals surface area contributed by atoms with Crippen molar-refractivity contribution in [3.8, 4) is 11.3 Å². The van der Waals surface area contributed by atoms with E-state index < -0.39 is 0 Å². The number of rotatable bonds is 1. The van der Waals surface area contributed by atoms with E-state index in [1.807, 2.05) is 57.5 Å². The standard InChI is InChI=1S/C24H22FN2O/c1-14-7-9-17-16-10-8-15(26-5)11-21(16)28-23(17)22(14)20-12-18(24(2,3)4)19(25)13-27(20)6/h7-13H,1-4,6H3/q+1. The highest BCUT2D eigenvalue weighted by Gasteiger charge is 2.27. The van der Waals surface area contributed by atoms with E-state index in [2.05, 4.69) is 10.9 Å². The first-order chi connectivity index (χ1) is 13.2. The van der Waals surface area contributed by atoms with Gasteiger partial charge in [0.05, 0.1) is 12.1 Å². The summed E-state index contributed by atoms with van der Waals surface area (Å²) in [7, 11) is 1.85. The van der Waals surface area contributed by atoms with Crippen molar-refractivity contribution in [1.29, 1.82) is 0 Å². The van der Waals surface area contributed by atoms with Gasteiger partial charge in [-0.15, -0.1) is 0 Å². The molecule has 0 radical (unpaired) electrons. The van der Waals surface area contributed by atoms with Crippen LogP contribution in [-0.4, -0.2) is 0 Å². The molecule has 140 valence electrons. The van der Waals surface area contributed by atoms with Gasteiger partial charge >= 0.3 is 0 Å². The monoisotopic (exact) mass is 373 g/mol. The first-order valence-corrected chi connectivity index (χ1v) is 9.24. The highest BCUT2D eigenvalue weighted by atomic mass is 19.1. The Hall–Kier alpha value is -3.19. The lowest BCUT2D eigenvalue weighted by Gasteiger charge is -2.19. The summed E-state index contributed by atoms with van der Waals surface area (Å²) < 4.78 is 22.7. The van der Waals surface area contributed by atoms with Crippen molar-refractivity contribution in [2.75, 3.05) is 0 Å². The molecule has 2 heterocycles. The summed E-state index contributed by atoms with van der Waals surface area (Å²) in [5, 5.41) is 1.97. The molecular weight excluding hydrogens is 351 g/mol. The van der Waals surface area contributed by atoms with E-state index >= 15 is 0 Å². The Labute approximate surface area is 163 Å². The quantitative estimate of drug-likeness (QED) is 0.280. The molecule has 0 aliphatic carbocycles. The molecule has 0 saturated carbocycles. The predicted molar refractivity (Wildman–Crippen MR) is 110 cm³/mol. The molecule has 0 spiro atoms. The van der Waals surface area contributed by atoms with Crippen molar-refractivity contribution in [2.24, 2.45) is 7.05 Å². The number of benzene rings is 2. The molecule has 2 aromatic heterocycles. The second-order valence-corrected chi connectivity index (χ2v) is 8.31. The smallest absolute Gasteiger partial charge is 0.216 e. The van der Waals surface area contributed by atoms with Crippen LogP contribution < -0.4 is 4.57 Å². The SMILES string of the molecule is [C-]#[N+]c1ccc2c(c1)oc1c(-c3cc(C(C)(C)C)c(F)c[n+]3C)c(C)ccc12. The van der Waals surface area contributed by atoms with Gasteiger partial charge in [0, 0.05) is 22.4 Å². The van der Waals surface area contributed by atoms with Crippen LogP contribution in [0, 0.1) is 19.3 Å². The Kier molecular flexibility index (Phi) is 4.01. The zero-order valence-electron chi connectivity index (χ0n) is 16.7. The zero-order valence-corrected chi connectivity index (χ0v) is 16.7. The first-order valence-electron chi connectivity index (χ1n) is 9.24. The van der Waals surface area contributed by atoms with E-state index in [0.717, 1.165) is 33.2 Å². The molecule has 0 saturated heterocycles. The summed E-state index contributed by atoms with van der Waals surface area (Å²) in [5.41, 5.74) is 5.27. The van der Waals surface area contributed by atoms with Crippen LogP contribution in [0.4, 0.5) is 10.1 Å². The highest BCUT2D eigenvalue weighted by Crippen LogP contribution is 2.39. The lowest BCUT2D eigenvalue weighted by Crippen LogP contribution is -2.33. The average Bonchev–Trinajstić information content (AvgIpc) is 2.99. The van der Waals surface area contributed by atoms with Gasteiger partial charge in [-0.05, 0) is 24.0 Å². The topological polar surface area (TPSA) is 21.4 Å². The van der Waals surface area contributed by atoms with Gasteiger partial charge in [-0.1, -0.05) is 45.0 Å². The molecule has 0 aliphatic heterocycles. The molecule has 3 nitrogen and oxygen atoms in total. The number of aromatic nitrogens is 1. The summed E-state index contributed by atoms with van der Waals surface area (Å²) in [6.45, 7) is 15.3. The third-order valence-corrected chi connectivity index (χ3v) is 5.25. The number of pyridine rings is 1. The van der Waals surface area contributed by atoms with Crippen LogP contribution in [0.25, 0.3) is 38.0 Å². The van der Waals surface area contributed by atoms with E-state index in [9.17, 15) is 4.39 Å².